The molecule has 2 saturated carbocycles. The predicted octanol–water partition coefficient (Wildman–Crippen LogP) is 4.56. The largest absolute Gasteiger partial charge is 0.0670 e. The van der Waals surface area contributed by atoms with E-state index in [1.54, 1.807) is 0 Å². The van der Waals surface area contributed by atoms with Gasteiger partial charge in [-0.2, -0.15) is 0 Å². The molecule has 0 N–H and O–H groups in total. The Labute approximate surface area is 99.5 Å². The Bertz CT molecular complexity index is 414. The van der Waals surface area contributed by atoms with Crippen LogP contribution in [-0.2, 0) is 0 Å². The smallest absolute Gasteiger partial charge is 0.00460 e. The summed E-state index contributed by atoms with van der Waals surface area (Å²) in [5, 5.41) is 0. The topological polar surface area (TPSA) is 0 Å². The molecule has 2 fully saturated rings. The van der Waals surface area contributed by atoms with E-state index in [2.05, 4.69) is 27.7 Å². The second-order valence-corrected chi connectivity index (χ2v) is 7.74. The molecule has 0 nitrogen and oxygen atoms in total. The zero-order chi connectivity index (χ0) is 11.3. The van der Waals surface area contributed by atoms with Crippen LogP contribution in [0.4, 0.5) is 0 Å². The van der Waals surface area contributed by atoms with Crippen molar-refractivity contribution in [2.45, 2.75) is 59.8 Å². The number of allylic oxidation sites excluding steroid dienone is 2. The van der Waals surface area contributed by atoms with Crippen LogP contribution in [0.25, 0.3) is 0 Å². The second kappa shape index (κ2) is 2.31. The van der Waals surface area contributed by atoms with E-state index >= 15 is 0 Å². The molecule has 4 aliphatic rings. The highest BCUT2D eigenvalue weighted by Gasteiger charge is 2.82. The maximum atomic E-state index is 2.61. The monoisotopic (exact) mass is 216 g/mol. The fourth-order valence-corrected chi connectivity index (χ4v) is 6.50. The van der Waals surface area contributed by atoms with E-state index in [9.17, 15) is 0 Å². The first-order valence-corrected chi connectivity index (χ1v) is 7.17. The average molecular weight is 216 g/mol. The van der Waals surface area contributed by atoms with E-state index < -0.39 is 0 Å². The zero-order valence-electron chi connectivity index (χ0n) is 11.2. The molecule has 0 aromatic rings. The lowest BCUT2D eigenvalue weighted by Crippen LogP contribution is -2.28. The molecule has 0 saturated heterocycles. The second-order valence-electron chi connectivity index (χ2n) is 7.74. The van der Waals surface area contributed by atoms with E-state index in [1.807, 2.05) is 11.1 Å². The first kappa shape index (κ1) is 9.74. The van der Waals surface area contributed by atoms with Gasteiger partial charge in [0.25, 0.3) is 0 Å². The molecule has 4 aliphatic carbocycles. The lowest BCUT2D eigenvalue weighted by atomic mass is 9.68. The number of hydrogen-bond donors (Lipinski definition) is 0. The molecule has 0 heteroatoms. The Kier molecular flexibility index (Phi) is 1.40. The van der Waals surface area contributed by atoms with Gasteiger partial charge in [-0.05, 0) is 60.2 Å². The Morgan fingerprint density at radius 2 is 1.88 bits per heavy atom. The van der Waals surface area contributed by atoms with E-state index in [0.29, 0.717) is 16.2 Å². The Morgan fingerprint density at radius 3 is 2.56 bits per heavy atom. The van der Waals surface area contributed by atoms with Crippen LogP contribution < -0.4 is 0 Å². The molecule has 0 aromatic heterocycles. The van der Waals surface area contributed by atoms with Crippen LogP contribution in [0, 0.1) is 28.1 Å². The first-order valence-electron chi connectivity index (χ1n) is 7.17. The van der Waals surface area contributed by atoms with Gasteiger partial charge in [0.1, 0.15) is 0 Å². The van der Waals surface area contributed by atoms with Gasteiger partial charge in [-0.3, -0.25) is 0 Å². The molecule has 0 aliphatic heterocycles. The SMILES string of the molecule is C[C@H]1CCC2=C1C[C@@]13[C@@H](CC[C@@]21C)C3(C)C. The molecular formula is C16H24. The minimum absolute atomic E-state index is 0.612. The summed E-state index contributed by atoms with van der Waals surface area (Å²) in [7, 11) is 0. The van der Waals surface area contributed by atoms with Crippen LogP contribution in [0.5, 0.6) is 0 Å². The third-order valence-electron chi connectivity index (χ3n) is 7.40. The highest BCUT2D eigenvalue weighted by atomic mass is 14.9. The molecule has 1 spiro atoms. The Hall–Kier alpha value is -0.260. The van der Waals surface area contributed by atoms with Gasteiger partial charge in [0.2, 0.25) is 0 Å². The highest BCUT2D eigenvalue weighted by Crippen LogP contribution is 2.89. The van der Waals surface area contributed by atoms with E-state index in [-0.39, 0.29) is 0 Å². The summed E-state index contributed by atoms with van der Waals surface area (Å²) >= 11 is 0. The molecule has 0 amide bonds. The third-order valence-corrected chi connectivity index (χ3v) is 7.40. The van der Waals surface area contributed by atoms with Crippen molar-refractivity contribution in [1.29, 1.82) is 0 Å². The maximum Gasteiger partial charge on any atom is -0.00460 e. The normalized spacial score (nSPS) is 56.2. The van der Waals surface area contributed by atoms with Crippen molar-refractivity contribution in [3.8, 4) is 0 Å². The molecule has 0 bridgehead atoms. The van der Waals surface area contributed by atoms with Crippen LogP contribution in [0.1, 0.15) is 59.8 Å². The van der Waals surface area contributed by atoms with Crippen molar-refractivity contribution in [3.05, 3.63) is 11.1 Å². The summed E-state index contributed by atoms with van der Waals surface area (Å²) in [6, 6.07) is 0. The number of rotatable bonds is 0. The quantitative estimate of drug-likeness (QED) is 0.521. The molecule has 16 heavy (non-hydrogen) atoms. The molecule has 0 radical (unpaired) electrons. The van der Waals surface area contributed by atoms with Crippen LogP contribution in [0.3, 0.4) is 0 Å². The molecule has 88 valence electrons. The molecule has 4 atom stereocenters. The lowest BCUT2D eigenvalue weighted by Gasteiger charge is -2.36. The fraction of sp³-hybridized carbons (Fsp3) is 0.875. The van der Waals surface area contributed by atoms with Gasteiger partial charge in [-0.15, -0.1) is 0 Å². The summed E-state index contributed by atoms with van der Waals surface area (Å²) in [5.41, 5.74) is 5.79. The van der Waals surface area contributed by atoms with Gasteiger partial charge in [-0.1, -0.05) is 38.8 Å². The third kappa shape index (κ3) is 0.669. The van der Waals surface area contributed by atoms with Crippen LogP contribution in [-0.4, -0.2) is 0 Å². The zero-order valence-corrected chi connectivity index (χ0v) is 11.2. The van der Waals surface area contributed by atoms with Gasteiger partial charge in [0.05, 0.1) is 0 Å². The van der Waals surface area contributed by atoms with Crippen molar-refractivity contribution in [2.75, 3.05) is 0 Å². The molecule has 0 unspecified atom stereocenters. The summed E-state index contributed by atoms with van der Waals surface area (Å²) in [5.74, 6) is 1.95. The number of fused-ring (bicyclic) bond motifs is 1. The van der Waals surface area contributed by atoms with E-state index in [0.717, 1.165) is 11.8 Å². The van der Waals surface area contributed by atoms with Gasteiger partial charge in [0, 0.05) is 0 Å². The highest BCUT2D eigenvalue weighted by molar-refractivity contribution is 5.47. The van der Waals surface area contributed by atoms with E-state index in [1.165, 1.54) is 32.1 Å². The number of hydrogen-bond acceptors (Lipinski definition) is 0. The minimum Gasteiger partial charge on any atom is -0.0670 e. The van der Waals surface area contributed by atoms with Gasteiger partial charge < -0.3 is 0 Å². The molecule has 4 rings (SSSR count). The Morgan fingerprint density at radius 1 is 1.12 bits per heavy atom. The lowest BCUT2D eigenvalue weighted by molar-refractivity contribution is 0.183. The minimum atomic E-state index is 0.612. The van der Waals surface area contributed by atoms with Gasteiger partial charge >= 0.3 is 0 Å². The first-order chi connectivity index (χ1) is 7.45. The molecule has 0 heterocycles. The molecule has 0 aromatic carbocycles. The van der Waals surface area contributed by atoms with Crippen molar-refractivity contribution in [1.82, 2.24) is 0 Å². The van der Waals surface area contributed by atoms with E-state index in [4.69, 9.17) is 0 Å². The fourth-order valence-electron chi connectivity index (χ4n) is 6.50. The van der Waals surface area contributed by atoms with Crippen LogP contribution in [0.2, 0.25) is 0 Å². The summed E-state index contributed by atoms with van der Waals surface area (Å²) < 4.78 is 0. The maximum absolute atomic E-state index is 2.61. The van der Waals surface area contributed by atoms with Crippen LogP contribution in [0.15, 0.2) is 11.1 Å². The van der Waals surface area contributed by atoms with Crippen molar-refractivity contribution < 1.29 is 0 Å². The standard InChI is InChI=1S/C16H24/c1-10-5-6-12-11(10)9-16-13(14(16,2)3)7-8-15(12,16)4/h10,13H,5-9H2,1-4H3/t10-,13-,15-,16-/m0/s1. The Balaban J connectivity index is 1.87. The van der Waals surface area contributed by atoms with Crippen molar-refractivity contribution >= 4 is 0 Å². The molecular weight excluding hydrogens is 192 g/mol. The predicted molar refractivity (Wildman–Crippen MR) is 67.1 cm³/mol. The average Bonchev–Trinajstić information content (AvgIpc) is 2.60. The summed E-state index contributed by atoms with van der Waals surface area (Å²) in [6.45, 7) is 10.2. The summed E-state index contributed by atoms with van der Waals surface area (Å²) in [6.07, 6.45) is 7.35. The van der Waals surface area contributed by atoms with Crippen molar-refractivity contribution in [2.24, 2.45) is 28.1 Å². The van der Waals surface area contributed by atoms with Gasteiger partial charge in [0.15, 0.2) is 0 Å². The summed E-state index contributed by atoms with van der Waals surface area (Å²) in [4.78, 5) is 0. The van der Waals surface area contributed by atoms with Crippen LogP contribution >= 0.6 is 0 Å². The van der Waals surface area contributed by atoms with Crippen molar-refractivity contribution in [3.63, 3.8) is 0 Å². The van der Waals surface area contributed by atoms with Gasteiger partial charge in [-0.25, -0.2) is 0 Å².